The third-order valence-electron chi connectivity index (χ3n) is 1.96. The Hall–Kier alpha value is -1.19. The fourth-order valence-electron chi connectivity index (χ4n) is 0.893. The fraction of sp³-hybridized carbons (Fsp3) is 0.800. The van der Waals surface area contributed by atoms with Gasteiger partial charge in [-0.3, -0.25) is 0 Å². The second-order valence-corrected chi connectivity index (χ2v) is 4.25. The molecule has 0 aliphatic rings. The Morgan fingerprint density at radius 3 is 0.893 bits per heavy atom. The van der Waals surface area contributed by atoms with Crippen molar-refractivity contribution in [1.82, 2.24) is 0 Å². The van der Waals surface area contributed by atoms with Crippen LogP contribution in [0.1, 0.15) is 0 Å². The zero-order valence-electron chi connectivity index (χ0n) is 16.3. The van der Waals surface area contributed by atoms with Crippen molar-refractivity contribution in [2.24, 2.45) is 0 Å². The predicted octanol–water partition coefficient (Wildman–Crippen LogP) is -5.18. The number of rotatable bonds is 15. The van der Waals surface area contributed by atoms with Crippen LogP contribution in [0.25, 0.3) is 0 Å². The maximum atomic E-state index is 9.69. The Morgan fingerprint density at radius 1 is 0.536 bits per heavy atom. The molecule has 162 valence electrons. The molecule has 0 aliphatic carbocycles. The zero-order chi connectivity index (χ0) is 21.3. The molecule has 0 fully saturated rings. The van der Waals surface area contributed by atoms with Gasteiger partial charge in [0, 0.05) is 21.3 Å². The van der Waals surface area contributed by atoms with Crippen LogP contribution in [0.3, 0.4) is 0 Å². The van der Waals surface area contributed by atoms with E-state index in [1.54, 1.807) is 0 Å². The first-order valence-electron chi connectivity index (χ1n) is 7.61. The topological polar surface area (TPSA) is 176 Å². The summed E-state index contributed by atoms with van der Waals surface area (Å²) in [5, 5.41) is 29.1. The molecule has 0 rings (SSSR count). The molecule has 0 heterocycles. The van der Waals surface area contributed by atoms with Gasteiger partial charge in [-0.1, -0.05) is 0 Å². The minimum absolute atomic E-state index is 0. The SMILES string of the molecule is COCCOCC(=O)[O-].COCCOCC(=O)[O-].COCCOCC(=O)[O-].[Ga+3]. The summed E-state index contributed by atoms with van der Waals surface area (Å²) in [6, 6.07) is 0. The molecule has 0 saturated heterocycles. The van der Waals surface area contributed by atoms with Crippen molar-refractivity contribution in [3.63, 3.8) is 0 Å². The van der Waals surface area contributed by atoms with Crippen molar-refractivity contribution >= 4 is 37.7 Å². The Labute approximate surface area is 177 Å². The number of ether oxygens (including phenoxy) is 6. The van der Waals surface area contributed by atoms with Gasteiger partial charge in [-0.2, -0.15) is 0 Å². The van der Waals surface area contributed by atoms with E-state index in [-0.39, 0.29) is 39.6 Å². The first kappa shape index (κ1) is 34.3. The normalized spacial score (nSPS) is 9.11. The number of hydrogen-bond acceptors (Lipinski definition) is 12. The van der Waals surface area contributed by atoms with Crippen LogP contribution in [0.5, 0.6) is 0 Å². The van der Waals surface area contributed by atoms with E-state index >= 15 is 0 Å². The number of carboxylic acid groups (broad SMARTS) is 3. The summed E-state index contributed by atoms with van der Waals surface area (Å²) in [5.41, 5.74) is 0. The largest absolute Gasteiger partial charge is 3.00 e. The summed E-state index contributed by atoms with van der Waals surface area (Å²) in [6.07, 6.45) is 0. The Morgan fingerprint density at radius 2 is 0.750 bits per heavy atom. The molecule has 0 aromatic rings. The number of aliphatic carboxylic acids is 3. The van der Waals surface area contributed by atoms with Gasteiger partial charge >= 0.3 is 19.8 Å². The van der Waals surface area contributed by atoms with Crippen LogP contribution >= 0.6 is 0 Å². The summed E-state index contributed by atoms with van der Waals surface area (Å²) in [5.74, 6) is -3.61. The van der Waals surface area contributed by atoms with Gasteiger partial charge in [-0.05, 0) is 0 Å². The molecule has 28 heavy (non-hydrogen) atoms. The van der Waals surface area contributed by atoms with Gasteiger partial charge in [0.1, 0.15) is 0 Å². The van der Waals surface area contributed by atoms with E-state index in [4.69, 9.17) is 0 Å². The Balaban J connectivity index is -0.000000152. The van der Waals surface area contributed by atoms with Crippen LogP contribution < -0.4 is 15.3 Å². The fourth-order valence-corrected chi connectivity index (χ4v) is 0.893. The molecular weight excluding hydrogens is 442 g/mol. The molecule has 0 amide bonds. The summed E-state index contributed by atoms with van der Waals surface area (Å²) in [4.78, 5) is 29.1. The molecular formula is C15H27GaO12. The van der Waals surface area contributed by atoms with Gasteiger partial charge in [0.2, 0.25) is 0 Å². The summed E-state index contributed by atoms with van der Waals surface area (Å²) >= 11 is 0. The Bertz CT molecular complexity index is 302. The first-order chi connectivity index (χ1) is 12.8. The molecule has 0 N–H and O–H groups in total. The standard InChI is InChI=1S/3C5H10O4.Ga/c3*1-8-2-3-9-4-5(6)7;/h3*2-4H2,1H3,(H,6,7);/q;;;+3/p-3. The van der Waals surface area contributed by atoms with Crippen LogP contribution in [0.2, 0.25) is 0 Å². The van der Waals surface area contributed by atoms with Crippen LogP contribution in [-0.4, -0.2) is 118 Å². The van der Waals surface area contributed by atoms with E-state index in [0.29, 0.717) is 39.6 Å². The van der Waals surface area contributed by atoms with Crippen molar-refractivity contribution < 1.29 is 58.1 Å². The molecule has 0 aliphatic heterocycles. The van der Waals surface area contributed by atoms with Crippen molar-refractivity contribution in [2.45, 2.75) is 0 Å². The van der Waals surface area contributed by atoms with Crippen molar-refractivity contribution in [3.05, 3.63) is 0 Å². The molecule has 0 atom stereocenters. The molecule has 0 aromatic carbocycles. The molecule has 0 bridgehead atoms. The number of methoxy groups -OCH3 is 3. The van der Waals surface area contributed by atoms with E-state index in [9.17, 15) is 29.7 Å². The van der Waals surface area contributed by atoms with Crippen LogP contribution in [0, 0.1) is 0 Å². The quantitative estimate of drug-likeness (QED) is 0.165. The second kappa shape index (κ2) is 30.5. The van der Waals surface area contributed by atoms with Gasteiger partial charge in [0.05, 0.1) is 77.4 Å². The van der Waals surface area contributed by atoms with Gasteiger partial charge < -0.3 is 58.1 Å². The molecule has 0 spiro atoms. The monoisotopic (exact) mass is 468 g/mol. The summed E-state index contributed by atoms with van der Waals surface area (Å²) < 4.78 is 27.4. The number of carboxylic acids is 3. The second-order valence-electron chi connectivity index (χ2n) is 4.25. The molecule has 12 nitrogen and oxygen atoms in total. The van der Waals surface area contributed by atoms with E-state index in [1.165, 1.54) is 21.3 Å². The van der Waals surface area contributed by atoms with Gasteiger partial charge in [0.25, 0.3) is 0 Å². The average Bonchev–Trinajstić information content (AvgIpc) is 2.60. The van der Waals surface area contributed by atoms with Crippen molar-refractivity contribution in [1.29, 1.82) is 0 Å². The van der Waals surface area contributed by atoms with Crippen LogP contribution in [0.15, 0.2) is 0 Å². The van der Waals surface area contributed by atoms with Gasteiger partial charge in [-0.15, -0.1) is 0 Å². The van der Waals surface area contributed by atoms with Crippen LogP contribution in [0.4, 0.5) is 0 Å². The summed E-state index contributed by atoms with van der Waals surface area (Å²) in [7, 11) is 4.55. The third kappa shape index (κ3) is 49.8. The average molecular weight is 469 g/mol. The minimum atomic E-state index is -1.20. The number of carbonyl (C=O) groups excluding carboxylic acids is 3. The van der Waals surface area contributed by atoms with Gasteiger partial charge in [0.15, 0.2) is 0 Å². The van der Waals surface area contributed by atoms with E-state index in [2.05, 4.69) is 28.4 Å². The van der Waals surface area contributed by atoms with Crippen molar-refractivity contribution in [2.75, 3.05) is 80.8 Å². The van der Waals surface area contributed by atoms with Crippen LogP contribution in [-0.2, 0) is 42.8 Å². The predicted molar refractivity (Wildman–Crippen MR) is 88.9 cm³/mol. The minimum Gasteiger partial charge on any atom is -0.548 e. The zero-order valence-corrected chi connectivity index (χ0v) is 18.8. The molecule has 0 saturated carbocycles. The van der Waals surface area contributed by atoms with E-state index in [0.717, 1.165) is 0 Å². The number of hydrogen-bond donors (Lipinski definition) is 0. The summed E-state index contributed by atoms with van der Waals surface area (Å²) in [6.45, 7) is 1.04. The molecule has 0 unspecified atom stereocenters. The van der Waals surface area contributed by atoms with Gasteiger partial charge in [-0.25, -0.2) is 0 Å². The molecule has 13 heteroatoms. The van der Waals surface area contributed by atoms with E-state index in [1.807, 2.05) is 0 Å². The molecule has 0 aromatic heterocycles. The number of carbonyl (C=O) groups is 3. The third-order valence-corrected chi connectivity index (χ3v) is 1.96. The molecule has 0 radical (unpaired) electrons. The maximum Gasteiger partial charge on any atom is 3.00 e. The van der Waals surface area contributed by atoms with E-state index < -0.39 is 17.9 Å². The Kier molecular flexibility index (Phi) is 37.4. The smallest absolute Gasteiger partial charge is 0.548 e. The van der Waals surface area contributed by atoms with Crippen molar-refractivity contribution in [3.8, 4) is 0 Å². The first-order valence-corrected chi connectivity index (χ1v) is 7.61. The maximum absolute atomic E-state index is 9.69.